The van der Waals surface area contributed by atoms with Crippen molar-refractivity contribution in [3.05, 3.63) is 29.8 Å². The zero-order valence-electron chi connectivity index (χ0n) is 12.6. The van der Waals surface area contributed by atoms with Gasteiger partial charge in [0.2, 0.25) is 0 Å². The van der Waals surface area contributed by atoms with E-state index in [-0.39, 0.29) is 5.60 Å². The van der Waals surface area contributed by atoms with Crippen molar-refractivity contribution in [1.29, 1.82) is 0 Å². The van der Waals surface area contributed by atoms with E-state index in [0.717, 1.165) is 19.5 Å². The number of nitrogens with one attached hydrogen (secondary N) is 1. The molecule has 1 aliphatic heterocycles. The van der Waals surface area contributed by atoms with Crippen LogP contribution in [0.3, 0.4) is 0 Å². The van der Waals surface area contributed by atoms with Gasteiger partial charge in [-0.3, -0.25) is 0 Å². The summed E-state index contributed by atoms with van der Waals surface area (Å²) in [6, 6.07) is 9.29. The third-order valence-electron chi connectivity index (χ3n) is 4.34. The van der Waals surface area contributed by atoms with E-state index >= 15 is 0 Å². The molecule has 1 aliphatic rings. The van der Waals surface area contributed by atoms with Gasteiger partial charge in [0.1, 0.15) is 0 Å². The lowest BCUT2D eigenvalue weighted by atomic mass is 9.94. The van der Waals surface area contributed by atoms with Crippen molar-refractivity contribution in [2.24, 2.45) is 0 Å². The van der Waals surface area contributed by atoms with E-state index in [2.05, 4.69) is 48.3 Å². The monoisotopic (exact) mass is 262 g/mol. The Morgan fingerprint density at radius 3 is 2.58 bits per heavy atom. The number of anilines is 1. The molecule has 0 spiro atoms. The second-order valence-corrected chi connectivity index (χ2v) is 5.78. The minimum Gasteiger partial charge on any atom is -0.377 e. The summed E-state index contributed by atoms with van der Waals surface area (Å²) in [6.45, 7) is 6.48. The number of benzene rings is 1. The molecule has 0 bridgehead atoms. The molecule has 1 aromatic carbocycles. The highest BCUT2D eigenvalue weighted by atomic mass is 16.5. The number of hydrogen-bond acceptors (Lipinski definition) is 3. The Morgan fingerprint density at radius 1 is 1.32 bits per heavy atom. The van der Waals surface area contributed by atoms with Crippen LogP contribution in [0.15, 0.2) is 24.3 Å². The van der Waals surface area contributed by atoms with E-state index in [1.807, 2.05) is 14.2 Å². The molecule has 1 heterocycles. The van der Waals surface area contributed by atoms with Crippen LogP contribution in [-0.4, -0.2) is 32.8 Å². The molecule has 0 aromatic heterocycles. The van der Waals surface area contributed by atoms with E-state index in [1.165, 1.54) is 17.7 Å². The van der Waals surface area contributed by atoms with Crippen molar-refractivity contribution in [3.8, 4) is 0 Å². The average Bonchev–Trinajstić information content (AvgIpc) is 2.46. The smallest absolute Gasteiger partial charge is 0.0825 e. The van der Waals surface area contributed by atoms with Crippen LogP contribution in [-0.2, 0) is 4.74 Å². The molecule has 3 nitrogen and oxygen atoms in total. The molecule has 1 saturated heterocycles. The Balaban J connectivity index is 2.09. The number of nitrogens with zero attached hydrogens (tertiary/aromatic N) is 1. The molecule has 0 aliphatic carbocycles. The van der Waals surface area contributed by atoms with Crippen molar-refractivity contribution < 1.29 is 4.74 Å². The highest BCUT2D eigenvalue weighted by molar-refractivity contribution is 5.48. The van der Waals surface area contributed by atoms with Crippen LogP contribution in [0.4, 0.5) is 5.69 Å². The number of methoxy groups -OCH3 is 1. The van der Waals surface area contributed by atoms with Crippen molar-refractivity contribution in [2.75, 3.05) is 32.1 Å². The second-order valence-electron chi connectivity index (χ2n) is 5.78. The molecule has 2 atom stereocenters. The molecule has 106 valence electrons. The summed E-state index contributed by atoms with van der Waals surface area (Å²) in [5.41, 5.74) is 2.63. The third kappa shape index (κ3) is 3.28. The predicted octanol–water partition coefficient (Wildman–Crippen LogP) is 2.97. The first kappa shape index (κ1) is 14.4. The quantitative estimate of drug-likeness (QED) is 0.903. The first-order valence-electron chi connectivity index (χ1n) is 7.15. The summed E-state index contributed by atoms with van der Waals surface area (Å²) >= 11 is 0. The average molecular weight is 262 g/mol. The molecule has 1 N–H and O–H groups in total. The second kappa shape index (κ2) is 5.93. The standard InChI is InChI=1S/C16H26N2O/c1-13(17-3)14-6-8-15(9-7-14)18-11-5-10-16(2,12-18)19-4/h6-9,13,17H,5,10-12H2,1-4H3. The van der Waals surface area contributed by atoms with Gasteiger partial charge in [-0.15, -0.1) is 0 Å². The molecule has 1 aromatic rings. The molecule has 0 amide bonds. The third-order valence-corrected chi connectivity index (χ3v) is 4.34. The summed E-state index contributed by atoms with van der Waals surface area (Å²) in [5.74, 6) is 0. The molecular weight excluding hydrogens is 236 g/mol. The minimum absolute atomic E-state index is 0.00477. The van der Waals surface area contributed by atoms with E-state index in [4.69, 9.17) is 4.74 Å². The zero-order chi connectivity index (χ0) is 13.9. The van der Waals surface area contributed by atoms with E-state index < -0.39 is 0 Å². The van der Waals surface area contributed by atoms with Gasteiger partial charge >= 0.3 is 0 Å². The number of rotatable bonds is 4. The van der Waals surface area contributed by atoms with Crippen molar-refractivity contribution in [3.63, 3.8) is 0 Å². The van der Waals surface area contributed by atoms with Crippen LogP contribution in [0.2, 0.25) is 0 Å². The summed E-state index contributed by atoms with van der Waals surface area (Å²) in [6.07, 6.45) is 2.34. The fourth-order valence-electron chi connectivity index (χ4n) is 2.73. The van der Waals surface area contributed by atoms with Crippen LogP contribution in [0.25, 0.3) is 0 Å². The van der Waals surface area contributed by atoms with Crippen LogP contribution < -0.4 is 10.2 Å². The van der Waals surface area contributed by atoms with Gasteiger partial charge in [0, 0.05) is 31.9 Å². The topological polar surface area (TPSA) is 24.5 Å². The maximum atomic E-state index is 5.66. The van der Waals surface area contributed by atoms with Gasteiger partial charge in [0.15, 0.2) is 0 Å². The maximum absolute atomic E-state index is 5.66. The molecule has 0 saturated carbocycles. The predicted molar refractivity (Wildman–Crippen MR) is 80.8 cm³/mol. The van der Waals surface area contributed by atoms with Crippen LogP contribution in [0.5, 0.6) is 0 Å². The molecule has 1 fully saturated rings. The normalized spacial score (nSPS) is 25.4. The Morgan fingerprint density at radius 2 is 2.00 bits per heavy atom. The van der Waals surface area contributed by atoms with Crippen LogP contribution in [0.1, 0.15) is 38.3 Å². The molecule has 3 heteroatoms. The van der Waals surface area contributed by atoms with Gasteiger partial charge in [-0.2, -0.15) is 0 Å². The van der Waals surface area contributed by atoms with Gasteiger partial charge in [-0.1, -0.05) is 12.1 Å². The maximum Gasteiger partial charge on any atom is 0.0825 e. The molecule has 2 unspecified atom stereocenters. The first-order chi connectivity index (χ1) is 9.08. The highest BCUT2D eigenvalue weighted by Crippen LogP contribution is 2.28. The van der Waals surface area contributed by atoms with E-state index in [1.54, 1.807) is 0 Å². The Labute approximate surface area is 116 Å². The number of ether oxygens (including phenoxy) is 1. The fraction of sp³-hybridized carbons (Fsp3) is 0.625. The minimum atomic E-state index is -0.00477. The Kier molecular flexibility index (Phi) is 4.48. The fourth-order valence-corrected chi connectivity index (χ4v) is 2.73. The number of piperidine rings is 1. The molecular formula is C16H26N2O. The zero-order valence-corrected chi connectivity index (χ0v) is 12.6. The van der Waals surface area contributed by atoms with Crippen molar-refractivity contribution >= 4 is 5.69 Å². The van der Waals surface area contributed by atoms with E-state index in [9.17, 15) is 0 Å². The Hall–Kier alpha value is -1.06. The summed E-state index contributed by atoms with van der Waals surface area (Å²) in [4.78, 5) is 2.43. The summed E-state index contributed by atoms with van der Waals surface area (Å²) in [5, 5.41) is 3.27. The lowest BCUT2D eigenvalue weighted by Crippen LogP contribution is -2.47. The summed E-state index contributed by atoms with van der Waals surface area (Å²) < 4.78 is 5.66. The van der Waals surface area contributed by atoms with Gasteiger partial charge in [0.25, 0.3) is 0 Å². The lowest BCUT2D eigenvalue weighted by Gasteiger charge is -2.40. The Bertz CT molecular complexity index is 404. The molecule has 19 heavy (non-hydrogen) atoms. The number of hydrogen-bond donors (Lipinski definition) is 1. The molecule has 0 radical (unpaired) electrons. The largest absolute Gasteiger partial charge is 0.377 e. The lowest BCUT2D eigenvalue weighted by molar-refractivity contribution is -0.00465. The van der Waals surface area contributed by atoms with Gasteiger partial charge in [-0.25, -0.2) is 0 Å². The van der Waals surface area contributed by atoms with Gasteiger partial charge in [-0.05, 0) is 51.4 Å². The van der Waals surface area contributed by atoms with Gasteiger partial charge < -0.3 is 15.0 Å². The molecule has 2 rings (SSSR count). The van der Waals surface area contributed by atoms with Crippen molar-refractivity contribution in [1.82, 2.24) is 5.32 Å². The van der Waals surface area contributed by atoms with Crippen molar-refractivity contribution in [2.45, 2.75) is 38.3 Å². The SMILES string of the molecule is CNC(C)c1ccc(N2CCCC(C)(OC)C2)cc1. The van der Waals surface area contributed by atoms with Crippen LogP contribution in [0, 0.1) is 0 Å². The summed E-state index contributed by atoms with van der Waals surface area (Å²) in [7, 11) is 3.81. The van der Waals surface area contributed by atoms with Gasteiger partial charge in [0.05, 0.1) is 5.60 Å². The van der Waals surface area contributed by atoms with E-state index in [0.29, 0.717) is 6.04 Å². The highest BCUT2D eigenvalue weighted by Gasteiger charge is 2.30. The van der Waals surface area contributed by atoms with Crippen LogP contribution >= 0.6 is 0 Å². The first-order valence-corrected chi connectivity index (χ1v) is 7.15.